The number of carbonyl (C=O) groups is 1. The van der Waals surface area contributed by atoms with Gasteiger partial charge in [-0.3, -0.25) is 34.4 Å². The number of hydrogen-bond donors (Lipinski definition) is 2. The number of nitrogens with zero attached hydrogens (tertiary/aromatic N) is 10. The Labute approximate surface area is 344 Å². The number of hydrogen-bond acceptors (Lipinski definition) is 13. The summed E-state index contributed by atoms with van der Waals surface area (Å²) in [6.07, 6.45) is 14.4. The van der Waals surface area contributed by atoms with E-state index in [9.17, 15) is 0 Å². The highest BCUT2D eigenvalue weighted by atomic mass is 16.1. The van der Waals surface area contributed by atoms with E-state index in [-0.39, 0.29) is 22.9 Å². The average Bonchev–Trinajstić information content (AvgIpc) is 3.31. The lowest BCUT2D eigenvalue weighted by atomic mass is 9.72. The molecule has 0 spiro atoms. The lowest BCUT2D eigenvalue weighted by molar-refractivity contribution is -0.133. The predicted molar refractivity (Wildman–Crippen MR) is 230 cm³/mol. The van der Waals surface area contributed by atoms with Gasteiger partial charge in [0.15, 0.2) is 5.78 Å². The number of nitrogens with two attached hydrogens (primary N) is 2. The molecule has 308 valence electrons. The molecule has 4 aromatic rings. The molecule has 13 nitrogen and oxygen atoms in total. The Balaban J connectivity index is 1.04. The number of carbonyl (C=O) groups excluding carboxylic acids is 1. The first-order valence-electron chi connectivity index (χ1n) is 21.5. The SMILES string of the molecule is NCC1(c2ccccc2)CCN(C(CN2CCN(c3cnccn3)CC2)C(=O)C(CN2CCN(c3cnccn3)CC2)N2CCC(CN)(c3ccccc3)CC2)CC1. The van der Waals surface area contributed by atoms with Gasteiger partial charge in [-0.05, 0) is 63.0 Å². The molecule has 4 aliphatic heterocycles. The van der Waals surface area contributed by atoms with Gasteiger partial charge in [0.2, 0.25) is 0 Å². The monoisotopic (exact) mass is 787 g/mol. The van der Waals surface area contributed by atoms with Crippen molar-refractivity contribution in [2.45, 2.75) is 48.6 Å². The standard InChI is InChI=1S/C45H62N12O/c46-35-44(37-7-3-1-4-8-37)11-19-54(20-12-44)39(33-52-23-27-56(28-24-52)41-31-48-15-17-50-41)43(58)40(34-53-25-29-57(30-26-53)42-32-49-16-18-51-42)55-21-13-45(36-47,14-22-55)38-9-5-2-6-10-38/h1-10,15-18,31-32,39-40H,11-14,19-30,33-36,46-47H2. The van der Waals surface area contributed by atoms with Crippen LogP contribution in [-0.2, 0) is 15.6 Å². The second-order valence-corrected chi connectivity index (χ2v) is 16.9. The molecule has 0 aliphatic carbocycles. The molecule has 4 saturated heterocycles. The second-order valence-electron chi connectivity index (χ2n) is 16.9. The molecular weight excluding hydrogens is 725 g/mol. The number of likely N-dealkylation sites (tertiary alicyclic amines) is 2. The second kappa shape index (κ2) is 18.7. The number of aromatic nitrogens is 4. The minimum Gasteiger partial charge on any atom is -0.353 e. The highest BCUT2D eigenvalue weighted by Gasteiger charge is 2.44. The third kappa shape index (κ3) is 8.95. The molecule has 13 heteroatoms. The van der Waals surface area contributed by atoms with Crippen molar-refractivity contribution in [1.82, 2.24) is 39.5 Å². The van der Waals surface area contributed by atoms with Crippen molar-refractivity contribution >= 4 is 17.4 Å². The molecule has 2 aromatic heterocycles. The molecule has 58 heavy (non-hydrogen) atoms. The summed E-state index contributed by atoms with van der Waals surface area (Å²) >= 11 is 0. The van der Waals surface area contributed by atoms with Crippen LogP contribution in [0, 0.1) is 0 Å². The van der Waals surface area contributed by atoms with Crippen LogP contribution in [0.3, 0.4) is 0 Å². The Morgan fingerprint density at radius 2 is 0.914 bits per heavy atom. The van der Waals surface area contributed by atoms with Gasteiger partial charge < -0.3 is 21.3 Å². The Bertz CT molecular complexity index is 1710. The summed E-state index contributed by atoms with van der Waals surface area (Å²) in [4.78, 5) is 48.2. The Kier molecular flexibility index (Phi) is 13.0. The first-order chi connectivity index (χ1) is 28.5. The molecule has 0 bridgehead atoms. The van der Waals surface area contributed by atoms with Gasteiger partial charge in [0.25, 0.3) is 0 Å². The van der Waals surface area contributed by atoms with Gasteiger partial charge in [-0.1, -0.05) is 60.7 Å². The summed E-state index contributed by atoms with van der Waals surface area (Å²) in [7, 11) is 0. The zero-order valence-corrected chi connectivity index (χ0v) is 34.1. The van der Waals surface area contributed by atoms with Gasteiger partial charge >= 0.3 is 0 Å². The molecule has 4 N–H and O–H groups in total. The van der Waals surface area contributed by atoms with E-state index in [2.05, 4.69) is 110 Å². The fourth-order valence-electron chi connectivity index (χ4n) is 10.0. The van der Waals surface area contributed by atoms with E-state index in [0.29, 0.717) is 18.9 Å². The maximum absolute atomic E-state index is 15.7. The number of piperidine rings is 2. The van der Waals surface area contributed by atoms with Crippen molar-refractivity contribution in [2.24, 2.45) is 11.5 Å². The van der Waals surface area contributed by atoms with Crippen LogP contribution in [0.4, 0.5) is 11.6 Å². The van der Waals surface area contributed by atoms with Crippen molar-refractivity contribution in [3.8, 4) is 0 Å². The lowest BCUT2D eigenvalue weighted by Gasteiger charge is -2.49. The maximum atomic E-state index is 15.7. The Hall–Kier alpha value is -4.37. The van der Waals surface area contributed by atoms with Gasteiger partial charge in [-0.25, -0.2) is 9.97 Å². The number of Topliss-reactive ketones (excluding diaryl/α,β-unsaturated/α-hetero) is 1. The van der Waals surface area contributed by atoms with Crippen molar-refractivity contribution in [3.05, 3.63) is 109 Å². The third-order valence-electron chi connectivity index (χ3n) is 14.0. The molecule has 0 radical (unpaired) electrons. The van der Waals surface area contributed by atoms with Crippen LogP contribution in [-0.4, -0.2) is 162 Å². The van der Waals surface area contributed by atoms with E-state index in [1.165, 1.54) is 11.1 Å². The van der Waals surface area contributed by atoms with E-state index in [0.717, 1.165) is 129 Å². The van der Waals surface area contributed by atoms with Crippen LogP contribution in [0.1, 0.15) is 36.8 Å². The Morgan fingerprint density at radius 3 is 1.24 bits per heavy atom. The molecule has 4 aliphatic rings. The summed E-state index contributed by atoms with van der Waals surface area (Å²) in [5.41, 5.74) is 15.7. The van der Waals surface area contributed by atoms with Crippen molar-refractivity contribution in [3.63, 3.8) is 0 Å². The largest absolute Gasteiger partial charge is 0.353 e. The predicted octanol–water partition coefficient (Wildman–Crippen LogP) is 2.50. The number of ketones is 1. The smallest absolute Gasteiger partial charge is 0.169 e. The fraction of sp³-hybridized carbons (Fsp3) is 0.533. The van der Waals surface area contributed by atoms with Crippen molar-refractivity contribution in [2.75, 3.05) is 115 Å². The van der Waals surface area contributed by atoms with Crippen LogP contribution in [0.5, 0.6) is 0 Å². The highest BCUT2D eigenvalue weighted by Crippen LogP contribution is 2.38. The lowest BCUT2D eigenvalue weighted by Crippen LogP contribution is -2.63. The van der Waals surface area contributed by atoms with E-state index in [1.54, 1.807) is 24.8 Å². The van der Waals surface area contributed by atoms with E-state index < -0.39 is 0 Å². The van der Waals surface area contributed by atoms with Crippen LogP contribution < -0.4 is 21.3 Å². The van der Waals surface area contributed by atoms with E-state index >= 15 is 4.79 Å². The zero-order chi connectivity index (χ0) is 39.8. The zero-order valence-electron chi connectivity index (χ0n) is 34.1. The molecule has 4 fully saturated rings. The van der Waals surface area contributed by atoms with Crippen molar-refractivity contribution < 1.29 is 4.79 Å². The van der Waals surface area contributed by atoms with E-state index in [1.807, 2.05) is 12.4 Å². The van der Waals surface area contributed by atoms with Gasteiger partial charge in [-0.2, -0.15) is 0 Å². The maximum Gasteiger partial charge on any atom is 0.169 e. The van der Waals surface area contributed by atoms with Crippen LogP contribution in [0.2, 0.25) is 0 Å². The van der Waals surface area contributed by atoms with Gasteiger partial charge in [0, 0.05) is 114 Å². The summed E-state index contributed by atoms with van der Waals surface area (Å²) in [5.74, 6) is 2.18. The summed E-state index contributed by atoms with van der Waals surface area (Å²) in [5, 5.41) is 0. The van der Waals surface area contributed by atoms with Gasteiger partial charge in [0.05, 0.1) is 24.5 Å². The summed E-state index contributed by atoms with van der Waals surface area (Å²) in [6, 6.07) is 21.1. The molecular formula is C45H62N12O. The molecule has 8 rings (SSSR count). The number of benzene rings is 2. The summed E-state index contributed by atoms with van der Waals surface area (Å²) in [6.45, 7) is 12.9. The Morgan fingerprint density at radius 1 is 0.534 bits per heavy atom. The first-order valence-corrected chi connectivity index (χ1v) is 21.5. The quantitative estimate of drug-likeness (QED) is 0.194. The molecule has 0 saturated carbocycles. The van der Waals surface area contributed by atoms with Gasteiger partial charge in [-0.15, -0.1) is 0 Å². The highest BCUT2D eigenvalue weighted by molar-refractivity contribution is 5.89. The normalized spacial score (nSPS) is 22.0. The minimum atomic E-state index is -0.226. The molecule has 6 heterocycles. The number of piperazine rings is 2. The van der Waals surface area contributed by atoms with Gasteiger partial charge in [0.1, 0.15) is 11.6 Å². The summed E-state index contributed by atoms with van der Waals surface area (Å²) < 4.78 is 0. The van der Waals surface area contributed by atoms with Crippen LogP contribution >= 0.6 is 0 Å². The number of rotatable bonds is 14. The fourth-order valence-corrected chi connectivity index (χ4v) is 10.0. The average molecular weight is 787 g/mol. The topological polar surface area (TPSA) is 140 Å². The molecule has 0 amide bonds. The molecule has 2 atom stereocenters. The van der Waals surface area contributed by atoms with Crippen LogP contribution in [0.25, 0.3) is 0 Å². The molecule has 2 aromatic carbocycles. The first kappa shape index (κ1) is 40.4. The van der Waals surface area contributed by atoms with E-state index in [4.69, 9.17) is 11.5 Å². The third-order valence-corrected chi connectivity index (χ3v) is 14.0. The number of anilines is 2. The van der Waals surface area contributed by atoms with Crippen LogP contribution in [0.15, 0.2) is 97.8 Å². The molecule has 2 unspecified atom stereocenters. The van der Waals surface area contributed by atoms with Crippen molar-refractivity contribution in [1.29, 1.82) is 0 Å². The minimum absolute atomic E-state index is 0.0776.